The zero-order valence-corrected chi connectivity index (χ0v) is 15.6. The van der Waals surface area contributed by atoms with Crippen LogP contribution < -0.4 is 10.1 Å². The number of amides is 2. The minimum absolute atomic E-state index is 0.00569. The number of benzene rings is 1. The molecular formula is C21H26N2O4. The zero-order chi connectivity index (χ0) is 19.1. The van der Waals surface area contributed by atoms with Gasteiger partial charge in [0.25, 0.3) is 5.91 Å². The molecule has 6 nitrogen and oxygen atoms in total. The Morgan fingerprint density at radius 2 is 2.07 bits per heavy atom. The van der Waals surface area contributed by atoms with E-state index in [1.807, 2.05) is 24.3 Å². The van der Waals surface area contributed by atoms with Crippen molar-refractivity contribution < 1.29 is 18.7 Å². The van der Waals surface area contributed by atoms with Gasteiger partial charge in [-0.1, -0.05) is 12.1 Å². The Labute approximate surface area is 159 Å². The SMILES string of the molecule is COc1ccc(CCCC(=O)NC2CCCN(C(=O)c3ccco3)C2)cc1. The van der Waals surface area contributed by atoms with E-state index in [2.05, 4.69) is 5.32 Å². The Balaban J connectivity index is 1.41. The first-order chi connectivity index (χ1) is 13.2. The van der Waals surface area contributed by atoms with Gasteiger partial charge in [-0.3, -0.25) is 9.59 Å². The molecule has 144 valence electrons. The second kappa shape index (κ2) is 9.26. The summed E-state index contributed by atoms with van der Waals surface area (Å²) in [5.74, 6) is 1.11. The first kappa shape index (κ1) is 19.0. The number of furan rings is 1. The fourth-order valence-corrected chi connectivity index (χ4v) is 3.38. The highest BCUT2D eigenvalue weighted by atomic mass is 16.5. The summed E-state index contributed by atoms with van der Waals surface area (Å²) < 4.78 is 10.3. The predicted molar refractivity (Wildman–Crippen MR) is 102 cm³/mol. The van der Waals surface area contributed by atoms with E-state index in [0.29, 0.717) is 25.3 Å². The molecule has 0 aliphatic carbocycles. The van der Waals surface area contributed by atoms with Crippen LogP contribution in [0.2, 0.25) is 0 Å². The van der Waals surface area contributed by atoms with Crippen LogP contribution in [-0.2, 0) is 11.2 Å². The fourth-order valence-electron chi connectivity index (χ4n) is 3.38. The highest BCUT2D eigenvalue weighted by Gasteiger charge is 2.26. The highest BCUT2D eigenvalue weighted by Crippen LogP contribution is 2.15. The third-order valence-corrected chi connectivity index (χ3v) is 4.83. The van der Waals surface area contributed by atoms with Gasteiger partial charge >= 0.3 is 0 Å². The van der Waals surface area contributed by atoms with Crippen molar-refractivity contribution in [3.05, 3.63) is 54.0 Å². The third kappa shape index (κ3) is 5.36. The number of carbonyl (C=O) groups excluding carboxylic acids is 2. The first-order valence-electron chi connectivity index (χ1n) is 9.41. The van der Waals surface area contributed by atoms with Crippen LogP contribution in [0.3, 0.4) is 0 Å². The van der Waals surface area contributed by atoms with Crippen LogP contribution in [-0.4, -0.2) is 43.0 Å². The summed E-state index contributed by atoms with van der Waals surface area (Å²) >= 11 is 0. The van der Waals surface area contributed by atoms with E-state index < -0.39 is 0 Å². The van der Waals surface area contributed by atoms with E-state index >= 15 is 0 Å². The Kier molecular flexibility index (Phi) is 6.52. The van der Waals surface area contributed by atoms with Gasteiger partial charge in [0.2, 0.25) is 5.91 Å². The van der Waals surface area contributed by atoms with Gasteiger partial charge in [0, 0.05) is 25.6 Å². The summed E-state index contributed by atoms with van der Waals surface area (Å²) in [6.45, 7) is 1.23. The molecule has 1 atom stereocenters. The van der Waals surface area contributed by atoms with Crippen molar-refractivity contribution in [2.75, 3.05) is 20.2 Å². The van der Waals surface area contributed by atoms with Crippen molar-refractivity contribution in [3.8, 4) is 5.75 Å². The molecule has 1 aromatic carbocycles. The number of rotatable bonds is 7. The van der Waals surface area contributed by atoms with Crippen LogP contribution in [0.1, 0.15) is 41.8 Å². The normalized spacial score (nSPS) is 16.8. The standard InChI is InChI=1S/C21H26N2O4/c1-26-18-11-9-16(10-12-18)5-2-8-20(24)22-17-6-3-13-23(15-17)21(25)19-7-4-14-27-19/h4,7,9-12,14,17H,2-3,5-6,8,13,15H2,1H3,(H,22,24). The van der Waals surface area contributed by atoms with Gasteiger partial charge in [-0.25, -0.2) is 0 Å². The van der Waals surface area contributed by atoms with E-state index in [1.54, 1.807) is 24.1 Å². The summed E-state index contributed by atoms with van der Waals surface area (Å²) in [6.07, 6.45) is 5.40. The Morgan fingerprint density at radius 1 is 1.26 bits per heavy atom. The molecular weight excluding hydrogens is 344 g/mol. The molecule has 2 aromatic rings. The van der Waals surface area contributed by atoms with Gasteiger partial charge < -0.3 is 19.4 Å². The molecule has 27 heavy (non-hydrogen) atoms. The number of nitrogens with zero attached hydrogens (tertiary/aromatic N) is 1. The molecule has 2 heterocycles. The van der Waals surface area contributed by atoms with Crippen molar-refractivity contribution >= 4 is 11.8 Å². The maximum Gasteiger partial charge on any atom is 0.289 e. The summed E-state index contributed by atoms with van der Waals surface area (Å²) in [5, 5.41) is 3.07. The molecule has 1 N–H and O–H groups in total. The van der Waals surface area contributed by atoms with Crippen LogP contribution in [0, 0.1) is 0 Å². The minimum Gasteiger partial charge on any atom is -0.497 e. The predicted octanol–water partition coefficient (Wildman–Crippen LogP) is 3.03. The van der Waals surface area contributed by atoms with E-state index in [9.17, 15) is 9.59 Å². The monoisotopic (exact) mass is 370 g/mol. The molecule has 1 unspecified atom stereocenters. The average molecular weight is 370 g/mol. The molecule has 0 spiro atoms. The van der Waals surface area contributed by atoms with Crippen LogP contribution in [0.15, 0.2) is 47.1 Å². The van der Waals surface area contributed by atoms with Crippen LogP contribution in [0.4, 0.5) is 0 Å². The Morgan fingerprint density at radius 3 is 2.78 bits per heavy atom. The topological polar surface area (TPSA) is 71.8 Å². The molecule has 1 aromatic heterocycles. The number of piperidine rings is 1. The molecule has 3 rings (SSSR count). The largest absolute Gasteiger partial charge is 0.497 e. The van der Waals surface area contributed by atoms with Gasteiger partial charge in [0.05, 0.1) is 13.4 Å². The van der Waals surface area contributed by atoms with Gasteiger partial charge in [0.15, 0.2) is 5.76 Å². The second-order valence-corrected chi connectivity index (χ2v) is 6.84. The van der Waals surface area contributed by atoms with E-state index in [4.69, 9.17) is 9.15 Å². The quantitative estimate of drug-likeness (QED) is 0.813. The van der Waals surface area contributed by atoms with Crippen LogP contribution >= 0.6 is 0 Å². The van der Waals surface area contributed by atoms with Crippen LogP contribution in [0.25, 0.3) is 0 Å². The average Bonchev–Trinajstić information content (AvgIpc) is 3.23. The Bertz CT molecular complexity index is 740. The highest BCUT2D eigenvalue weighted by molar-refractivity contribution is 5.91. The third-order valence-electron chi connectivity index (χ3n) is 4.83. The lowest BCUT2D eigenvalue weighted by molar-refractivity contribution is -0.122. The molecule has 2 amide bonds. The van der Waals surface area contributed by atoms with Gasteiger partial charge in [-0.05, 0) is 55.5 Å². The maximum atomic E-state index is 12.4. The zero-order valence-electron chi connectivity index (χ0n) is 15.6. The molecule has 1 aliphatic heterocycles. The number of nitrogens with one attached hydrogen (secondary N) is 1. The molecule has 1 fully saturated rings. The van der Waals surface area contributed by atoms with Crippen molar-refractivity contribution in [1.82, 2.24) is 10.2 Å². The van der Waals surface area contributed by atoms with Crippen molar-refractivity contribution in [2.24, 2.45) is 0 Å². The Hall–Kier alpha value is -2.76. The molecule has 0 radical (unpaired) electrons. The van der Waals surface area contributed by atoms with E-state index in [0.717, 1.165) is 31.4 Å². The number of carbonyl (C=O) groups is 2. The molecule has 1 aliphatic rings. The van der Waals surface area contributed by atoms with Crippen LogP contribution in [0.5, 0.6) is 5.75 Å². The lowest BCUT2D eigenvalue weighted by Gasteiger charge is -2.32. The summed E-state index contributed by atoms with van der Waals surface area (Å²) in [6, 6.07) is 11.3. The van der Waals surface area contributed by atoms with Gasteiger partial charge in [0.1, 0.15) is 5.75 Å². The van der Waals surface area contributed by atoms with Gasteiger partial charge in [-0.15, -0.1) is 0 Å². The number of ether oxygens (including phenoxy) is 1. The fraction of sp³-hybridized carbons (Fsp3) is 0.429. The van der Waals surface area contributed by atoms with Crippen molar-refractivity contribution in [3.63, 3.8) is 0 Å². The number of hydrogen-bond acceptors (Lipinski definition) is 4. The van der Waals surface area contributed by atoms with E-state index in [1.165, 1.54) is 11.8 Å². The maximum absolute atomic E-state index is 12.4. The molecule has 0 bridgehead atoms. The first-order valence-corrected chi connectivity index (χ1v) is 9.41. The smallest absolute Gasteiger partial charge is 0.289 e. The van der Waals surface area contributed by atoms with Crippen molar-refractivity contribution in [1.29, 1.82) is 0 Å². The van der Waals surface area contributed by atoms with Crippen molar-refractivity contribution in [2.45, 2.75) is 38.1 Å². The summed E-state index contributed by atoms with van der Waals surface area (Å²) in [7, 11) is 1.65. The van der Waals surface area contributed by atoms with Gasteiger partial charge in [-0.2, -0.15) is 0 Å². The second-order valence-electron chi connectivity index (χ2n) is 6.84. The lowest BCUT2D eigenvalue weighted by Crippen LogP contribution is -2.49. The number of aryl methyl sites for hydroxylation is 1. The number of methoxy groups -OCH3 is 1. The molecule has 0 saturated carbocycles. The summed E-state index contributed by atoms with van der Waals surface area (Å²) in [5.41, 5.74) is 1.19. The minimum atomic E-state index is -0.113. The summed E-state index contributed by atoms with van der Waals surface area (Å²) in [4.78, 5) is 26.4. The van der Waals surface area contributed by atoms with E-state index in [-0.39, 0.29) is 17.9 Å². The number of likely N-dealkylation sites (tertiary alicyclic amines) is 1. The molecule has 6 heteroatoms. The number of hydrogen-bond donors (Lipinski definition) is 1. The lowest BCUT2D eigenvalue weighted by atomic mass is 10.0. The molecule has 1 saturated heterocycles.